The predicted octanol–water partition coefficient (Wildman–Crippen LogP) is 2.33. The van der Waals surface area contributed by atoms with Crippen LogP contribution < -0.4 is 0 Å². The quantitative estimate of drug-likeness (QED) is 0.856. The molecule has 6 heteroatoms. The summed E-state index contributed by atoms with van der Waals surface area (Å²) in [4.78, 5) is 14.9. The van der Waals surface area contributed by atoms with Gasteiger partial charge in [0, 0.05) is 32.8 Å². The van der Waals surface area contributed by atoms with Crippen LogP contribution in [-0.2, 0) is 16.5 Å². The van der Waals surface area contributed by atoms with Crippen molar-refractivity contribution in [1.29, 1.82) is 0 Å². The van der Waals surface area contributed by atoms with Gasteiger partial charge in [-0.2, -0.15) is 0 Å². The molecular weight excluding hydrogens is 304 g/mol. The third-order valence-corrected chi connectivity index (χ3v) is 5.12. The number of morpholine rings is 1. The van der Waals surface area contributed by atoms with Gasteiger partial charge in [0.05, 0.1) is 30.4 Å². The molecule has 1 aliphatic carbocycles. The van der Waals surface area contributed by atoms with Crippen molar-refractivity contribution in [2.75, 3.05) is 26.9 Å². The summed E-state index contributed by atoms with van der Waals surface area (Å²) in [6.07, 6.45) is 5.29. The van der Waals surface area contributed by atoms with Crippen molar-refractivity contribution in [2.24, 2.45) is 13.0 Å². The maximum atomic E-state index is 12.9. The Morgan fingerprint density at radius 3 is 2.95 bits per heavy atom. The summed E-state index contributed by atoms with van der Waals surface area (Å²) in [6.45, 7) is 1.80. The second-order valence-corrected chi connectivity index (χ2v) is 6.60. The number of rotatable bonds is 3. The van der Waals surface area contributed by atoms with Crippen LogP contribution in [0.3, 0.4) is 0 Å². The summed E-state index contributed by atoms with van der Waals surface area (Å²) >= 11 is 6.02. The number of methoxy groups -OCH3 is 1. The Bertz CT molecular complexity index is 545. The van der Waals surface area contributed by atoms with Gasteiger partial charge in [0.1, 0.15) is 5.69 Å². The number of amides is 1. The lowest BCUT2D eigenvalue weighted by Gasteiger charge is -2.40. The van der Waals surface area contributed by atoms with Gasteiger partial charge in [0.2, 0.25) is 0 Å². The Labute approximate surface area is 136 Å². The lowest BCUT2D eigenvalue weighted by molar-refractivity contribution is -0.0463. The number of hydrogen-bond acceptors (Lipinski definition) is 3. The number of halogens is 1. The Morgan fingerprint density at radius 2 is 2.27 bits per heavy atom. The number of carbonyl (C=O) groups is 1. The molecule has 122 valence electrons. The Balaban J connectivity index is 1.83. The first-order valence-electron chi connectivity index (χ1n) is 7.85. The van der Waals surface area contributed by atoms with Crippen molar-refractivity contribution in [3.63, 3.8) is 0 Å². The maximum absolute atomic E-state index is 12.9. The maximum Gasteiger partial charge on any atom is 0.270 e. The molecule has 1 aliphatic heterocycles. The molecule has 2 aliphatic rings. The largest absolute Gasteiger partial charge is 0.381 e. The molecule has 1 amide bonds. The van der Waals surface area contributed by atoms with Gasteiger partial charge in [-0.25, -0.2) is 0 Å². The number of aryl methyl sites for hydroxylation is 1. The Morgan fingerprint density at radius 1 is 1.45 bits per heavy atom. The van der Waals surface area contributed by atoms with Crippen molar-refractivity contribution in [3.05, 3.63) is 23.0 Å². The number of nitrogens with zero attached hydrogens (tertiary/aromatic N) is 2. The van der Waals surface area contributed by atoms with Crippen LogP contribution in [0.4, 0.5) is 0 Å². The molecule has 0 spiro atoms. The van der Waals surface area contributed by atoms with Crippen LogP contribution in [0.15, 0.2) is 12.3 Å². The van der Waals surface area contributed by atoms with E-state index in [1.807, 2.05) is 11.9 Å². The van der Waals surface area contributed by atoms with Gasteiger partial charge in [-0.1, -0.05) is 18.0 Å². The fourth-order valence-corrected chi connectivity index (χ4v) is 4.05. The summed E-state index contributed by atoms with van der Waals surface area (Å²) in [5.74, 6) is 0.384. The molecular formula is C16H23ClN2O3. The van der Waals surface area contributed by atoms with Gasteiger partial charge >= 0.3 is 0 Å². The van der Waals surface area contributed by atoms with E-state index in [1.165, 1.54) is 0 Å². The van der Waals surface area contributed by atoms with Crippen LogP contribution in [0.2, 0.25) is 5.02 Å². The average molecular weight is 327 g/mol. The second-order valence-electron chi connectivity index (χ2n) is 6.16. The van der Waals surface area contributed by atoms with Crippen molar-refractivity contribution >= 4 is 17.5 Å². The first-order valence-corrected chi connectivity index (χ1v) is 8.23. The van der Waals surface area contributed by atoms with Gasteiger partial charge in [0.25, 0.3) is 5.91 Å². The zero-order valence-electron chi connectivity index (χ0n) is 13.1. The number of hydrogen-bond donors (Lipinski definition) is 0. The molecule has 5 nitrogen and oxygen atoms in total. The number of ether oxygens (including phenoxy) is 2. The fraction of sp³-hybridized carbons (Fsp3) is 0.688. The van der Waals surface area contributed by atoms with E-state index in [0.29, 0.717) is 36.4 Å². The summed E-state index contributed by atoms with van der Waals surface area (Å²) in [7, 11) is 3.61. The summed E-state index contributed by atoms with van der Waals surface area (Å²) in [6, 6.07) is 1.82. The molecule has 0 bridgehead atoms. The van der Waals surface area contributed by atoms with Crippen molar-refractivity contribution in [2.45, 2.75) is 31.4 Å². The highest BCUT2D eigenvalue weighted by atomic mass is 35.5. The molecule has 1 saturated carbocycles. The van der Waals surface area contributed by atoms with E-state index >= 15 is 0 Å². The molecule has 1 aromatic heterocycles. The first kappa shape index (κ1) is 15.8. The monoisotopic (exact) mass is 326 g/mol. The predicted molar refractivity (Wildman–Crippen MR) is 84.2 cm³/mol. The molecule has 0 aromatic carbocycles. The van der Waals surface area contributed by atoms with Crippen LogP contribution in [0.25, 0.3) is 0 Å². The van der Waals surface area contributed by atoms with Crippen LogP contribution in [0, 0.1) is 5.92 Å². The third-order valence-electron chi connectivity index (χ3n) is 4.92. The molecule has 0 N–H and O–H groups in total. The average Bonchev–Trinajstić information content (AvgIpc) is 3.12. The lowest BCUT2D eigenvalue weighted by atomic mass is 9.94. The van der Waals surface area contributed by atoms with E-state index in [4.69, 9.17) is 21.1 Å². The number of aromatic nitrogens is 1. The first-order chi connectivity index (χ1) is 10.6. The highest BCUT2D eigenvalue weighted by molar-refractivity contribution is 6.31. The lowest BCUT2D eigenvalue weighted by Crippen LogP contribution is -2.54. The van der Waals surface area contributed by atoms with E-state index in [2.05, 4.69) is 0 Å². The third kappa shape index (κ3) is 2.90. The van der Waals surface area contributed by atoms with Crippen molar-refractivity contribution < 1.29 is 14.3 Å². The van der Waals surface area contributed by atoms with Gasteiger partial charge in [0.15, 0.2) is 0 Å². The zero-order chi connectivity index (χ0) is 15.7. The van der Waals surface area contributed by atoms with Crippen LogP contribution in [-0.4, -0.2) is 54.4 Å². The van der Waals surface area contributed by atoms with E-state index in [1.54, 1.807) is 23.9 Å². The van der Waals surface area contributed by atoms with Gasteiger partial charge < -0.3 is 18.9 Å². The second kappa shape index (κ2) is 6.60. The van der Waals surface area contributed by atoms with E-state index in [-0.39, 0.29) is 18.1 Å². The summed E-state index contributed by atoms with van der Waals surface area (Å²) in [5, 5.41) is 0.589. The summed E-state index contributed by atoms with van der Waals surface area (Å²) < 4.78 is 13.1. The molecule has 3 rings (SSSR count). The smallest absolute Gasteiger partial charge is 0.270 e. The molecule has 3 atom stereocenters. The molecule has 0 radical (unpaired) electrons. The summed E-state index contributed by atoms with van der Waals surface area (Å²) in [5.41, 5.74) is 0.629. The standard InChI is InChI=1S/C16H23ClN2O3/c1-18-9-11(17)8-13(18)16(20)19-6-7-22-10-14(19)12-4-3-5-15(12)21-2/h8-9,12,14-15H,3-7,10H2,1-2H3. The molecule has 2 heterocycles. The minimum absolute atomic E-state index is 0.0319. The Hall–Kier alpha value is -1.04. The highest BCUT2D eigenvalue weighted by Gasteiger charge is 2.40. The normalized spacial score (nSPS) is 29.0. The van der Waals surface area contributed by atoms with Crippen LogP contribution in [0.1, 0.15) is 29.8 Å². The molecule has 3 unspecified atom stereocenters. The SMILES string of the molecule is COC1CCCC1C1COCCN1C(=O)c1cc(Cl)cn1C. The molecule has 1 saturated heterocycles. The van der Waals surface area contributed by atoms with Gasteiger partial charge in [-0.05, 0) is 18.9 Å². The van der Waals surface area contributed by atoms with E-state index in [9.17, 15) is 4.79 Å². The minimum atomic E-state index is 0.0319. The van der Waals surface area contributed by atoms with Crippen LogP contribution in [0.5, 0.6) is 0 Å². The van der Waals surface area contributed by atoms with E-state index in [0.717, 1.165) is 19.3 Å². The van der Waals surface area contributed by atoms with Gasteiger partial charge in [-0.15, -0.1) is 0 Å². The Kier molecular flexibility index (Phi) is 4.76. The van der Waals surface area contributed by atoms with E-state index < -0.39 is 0 Å². The number of carbonyl (C=O) groups excluding carboxylic acids is 1. The fourth-order valence-electron chi connectivity index (χ4n) is 3.80. The zero-order valence-corrected chi connectivity index (χ0v) is 13.9. The topological polar surface area (TPSA) is 43.7 Å². The minimum Gasteiger partial charge on any atom is -0.381 e. The molecule has 1 aromatic rings. The van der Waals surface area contributed by atoms with Gasteiger partial charge in [-0.3, -0.25) is 4.79 Å². The molecule has 22 heavy (non-hydrogen) atoms. The van der Waals surface area contributed by atoms with Crippen LogP contribution >= 0.6 is 11.6 Å². The van der Waals surface area contributed by atoms with Crippen molar-refractivity contribution in [3.8, 4) is 0 Å². The highest BCUT2D eigenvalue weighted by Crippen LogP contribution is 2.34. The molecule has 2 fully saturated rings. The van der Waals surface area contributed by atoms with Crippen molar-refractivity contribution in [1.82, 2.24) is 9.47 Å².